The van der Waals surface area contributed by atoms with Crippen LogP contribution in [0.3, 0.4) is 0 Å². The molecule has 0 radical (unpaired) electrons. The third kappa shape index (κ3) is 2.88. The highest BCUT2D eigenvalue weighted by Gasteiger charge is 2.16. The molecule has 1 N–H and O–H groups in total. The van der Waals surface area contributed by atoms with Crippen LogP contribution in [0.2, 0.25) is 10.0 Å². The summed E-state index contributed by atoms with van der Waals surface area (Å²) in [6.45, 7) is 0. The molecule has 2 aromatic carbocycles. The van der Waals surface area contributed by atoms with Crippen LogP contribution in [0, 0.1) is 0 Å². The molecule has 4 heteroatoms. The second-order valence-corrected chi connectivity index (χ2v) is 5.74. The predicted octanol–water partition coefficient (Wildman–Crippen LogP) is 4.85. The maximum atomic E-state index is 6.13. The van der Waals surface area contributed by atoms with E-state index in [2.05, 4.69) is 22.4 Å². The summed E-state index contributed by atoms with van der Waals surface area (Å²) < 4.78 is 0. The van der Waals surface area contributed by atoms with E-state index >= 15 is 0 Å². The van der Waals surface area contributed by atoms with E-state index in [0.717, 1.165) is 21.9 Å². The zero-order chi connectivity index (χ0) is 14.8. The average molecular weight is 317 g/mol. The Bertz CT molecular complexity index is 761. The van der Waals surface area contributed by atoms with Gasteiger partial charge in [0.05, 0.1) is 6.04 Å². The molecule has 21 heavy (non-hydrogen) atoms. The third-order valence-electron chi connectivity index (χ3n) is 3.54. The summed E-state index contributed by atoms with van der Waals surface area (Å²) in [6, 6.07) is 13.9. The number of halogens is 2. The molecule has 0 aliphatic carbocycles. The summed E-state index contributed by atoms with van der Waals surface area (Å²) in [5.41, 5.74) is 2.19. The van der Waals surface area contributed by atoms with Crippen LogP contribution in [0.5, 0.6) is 0 Å². The van der Waals surface area contributed by atoms with Crippen LogP contribution >= 0.6 is 23.2 Å². The standard InChI is InChI=1S/C17H14Cl2N2/c1-20-17(12-7-13(18)9-14(19)8-12)15-4-2-3-11-5-6-21-10-16(11)15/h2-10,17,20H,1H3. The molecule has 0 spiro atoms. The predicted molar refractivity (Wildman–Crippen MR) is 89.1 cm³/mol. The van der Waals surface area contributed by atoms with Crippen LogP contribution < -0.4 is 5.32 Å². The Labute approximate surface area is 133 Å². The number of hydrogen-bond donors (Lipinski definition) is 1. The van der Waals surface area contributed by atoms with Gasteiger partial charge in [0.1, 0.15) is 0 Å². The first-order chi connectivity index (χ1) is 10.2. The minimum atomic E-state index is 0.00843. The second kappa shape index (κ2) is 6.02. The molecule has 0 aliphatic heterocycles. The summed E-state index contributed by atoms with van der Waals surface area (Å²) in [4.78, 5) is 4.24. The largest absolute Gasteiger partial charge is 0.309 e. The first kappa shape index (κ1) is 14.3. The van der Waals surface area contributed by atoms with Crippen LogP contribution in [0.4, 0.5) is 0 Å². The van der Waals surface area contributed by atoms with E-state index in [-0.39, 0.29) is 6.04 Å². The van der Waals surface area contributed by atoms with Crippen molar-refractivity contribution in [1.29, 1.82) is 0 Å². The minimum Gasteiger partial charge on any atom is -0.309 e. The molecule has 1 aromatic heterocycles. The number of fused-ring (bicyclic) bond motifs is 1. The molecule has 0 saturated carbocycles. The summed E-state index contributed by atoms with van der Waals surface area (Å²) >= 11 is 12.3. The van der Waals surface area contributed by atoms with Gasteiger partial charge in [-0.15, -0.1) is 0 Å². The van der Waals surface area contributed by atoms with Crippen LogP contribution in [0.1, 0.15) is 17.2 Å². The summed E-state index contributed by atoms with van der Waals surface area (Å²) in [5, 5.41) is 6.89. The molecule has 1 atom stereocenters. The lowest BCUT2D eigenvalue weighted by atomic mass is 9.95. The molecular weight excluding hydrogens is 303 g/mol. The van der Waals surface area contributed by atoms with Crippen molar-refractivity contribution in [2.24, 2.45) is 0 Å². The van der Waals surface area contributed by atoms with Crippen molar-refractivity contribution in [3.63, 3.8) is 0 Å². The average Bonchev–Trinajstić information content (AvgIpc) is 2.47. The summed E-state index contributed by atoms with van der Waals surface area (Å²) in [7, 11) is 1.93. The maximum Gasteiger partial charge on any atom is 0.0582 e. The molecule has 0 bridgehead atoms. The van der Waals surface area contributed by atoms with Crippen molar-refractivity contribution in [3.05, 3.63) is 76.0 Å². The summed E-state index contributed by atoms with van der Waals surface area (Å²) in [6.07, 6.45) is 3.69. The number of nitrogens with zero attached hydrogens (tertiary/aromatic N) is 1. The van der Waals surface area contributed by atoms with Crippen LogP contribution in [0.25, 0.3) is 10.8 Å². The smallest absolute Gasteiger partial charge is 0.0582 e. The van der Waals surface area contributed by atoms with E-state index in [0.29, 0.717) is 10.0 Å². The number of rotatable bonds is 3. The fourth-order valence-electron chi connectivity index (χ4n) is 2.63. The number of nitrogens with one attached hydrogen (secondary N) is 1. The molecule has 2 nitrogen and oxygen atoms in total. The molecule has 0 aliphatic rings. The lowest BCUT2D eigenvalue weighted by Gasteiger charge is -2.19. The van der Waals surface area contributed by atoms with E-state index in [9.17, 15) is 0 Å². The quantitative estimate of drug-likeness (QED) is 0.747. The van der Waals surface area contributed by atoms with Gasteiger partial charge in [0.25, 0.3) is 0 Å². The van der Waals surface area contributed by atoms with Crippen molar-refractivity contribution >= 4 is 34.0 Å². The number of aromatic nitrogens is 1. The Hall–Kier alpha value is -1.61. The van der Waals surface area contributed by atoms with Gasteiger partial charge in [0.15, 0.2) is 0 Å². The lowest BCUT2D eigenvalue weighted by Crippen LogP contribution is -2.18. The van der Waals surface area contributed by atoms with Crippen LogP contribution in [0.15, 0.2) is 54.9 Å². The van der Waals surface area contributed by atoms with E-state index in [1.165, 1.54) is 0 Å². The Balaban J connectivity index is 2.18. The highest BCUT2D eigenvalue weighted by molar-refractivity contribution is 6.34. The minimum absolute atomic E-state index is 0.00843. The first-order valence-electron chi connectivity index (χ1n) is 6.65. The third-order valence-corrected chi connectivity index (χ3v) is 3.97. The monoisotopic (exact) mass is 316 g/mol. The first-order valence-corrected chi connectivity index (χ1v) is 7.40. The molecule has 1 heterocycles. The van der Waals surface area contributed by atoms with Gasteiger partial charge in [-0.25, -0.2) is 0 Å². The molecule has 0 fully saturated rings. The topological polar surface area (TPSA) is 24.9 Å². The van der Waals surface area contributed by atoms with Crippen molar-refractivity contribution in [3.8, 4) is 0 Å². The fourth-order valence-corrected chi connectivity index (χ4v) is 3.18. The van der Waals surface area contributed by atoms with Gasteiger partial charge in [-0.05, 0) is 47.8 Å². The number of hydrogen-bond acceptors (Lipinski definition) is 2. The molecule has 0 saturated heterocycles. The summed E-state index contributed by atoms with van der Waals surface area (Å²) in [5.74, 6) is 0. The van der Waals surface area contributed by atoms with Gasteiger partial charge < -0.3 is 5.32 Å². The lowest BCUT2D eigenvalue weighted by molar-refractivity contribution is 0.697. The van der Waals surface area contributed by atoms with Gasteiger partial charge >= 0.3 is 0 Å². The molecular formula is C17H14Cl2N2. The Morgan fingerprint density at radius 2 is 1.81 bits per heavy atom. The Morgan fingerprint density at radius 1 is 1.05 bits per heavy atom. The van der Waals surface area contributed by atoms with Gasteiger partial charge in [-0.3, -0.25) is 4.98 Å². The zero-order valence-corrected chi connectivity index (χ0v) is 13.0. The molecule has 3 aromatic rings. The van der Waals surface area contributed by atoms with Crippen molar-refractivity contribution in [2.75, 3.05) is 7.05 Å². The van der Waals surface area contributed by atoms with Gasteiger partial charge in [0, 0.05) is 27.8 Å². The normalized spacial score (nSPS) is 12.5. The molecule has 3 rings (SSSR count). The zero-order valence-electron chi connectivity index (χ0n) is 11.5. The molecule has 1 unspecified atom stereocenters. The highest BCUT2D eigenvalue weighted by Crippen LogP contribution is 2.31. The van der Waals surface area contributed by atoms with Gasteiger partial charge in [0.2, 0.25) is 0 Å². The van der Waals surface area contributed by atoms with E-state index in [4.69, 9.17) is 23.2 Å². The second-order valence-electron chi connectivity index (χ2n) is 4.87. The van der Waals surface area contributed by atoms with Crippen molar-refractivity contribution in [2.45, 2.75) is 6.04 Å². The maximum absolute atomic E-state index is 6.13. The number of benzene rings is 2. The highest BCUT2D eigenvalue weighted by atomic mass is 35.5. The molecule has 0 amide bonds. The van der Waals surface area contributed by atoms with Gasteiger partial charge in [-0.2, -0.15) is 0 Å². The van der Waals surface area contributed by atoms with Crippen LogP contribution in [-0.2, 0) is 0 Å². The van der Waals surface area contributed by atoms with Crippen molar-refractivity contribution in [1.82, 2.24) is 10.3 Å². The van der Waals surface area contributed by atoms with E-state index in [1.807, 2.05) is 37.5 Å². The molecule has 106 valence electrons. The van der Waals surface area contributed by atoms with Crippen LogP contribution in [-0.4, -0.2) is 12.0 Å². The fraction of sp³-hybridized carbons (Fsp3) is 0.118. The van der Waals surface area contributed by atoms with E-state index < -0.39 is 0 Å². The number of pyridine rings is 1. The Kier molecular flexibility index (Phi) is 4.11. The van der Waals surface area contributed by atoms with Crippen molar-refractivity contribution < 1.29 is 0 Å². The SMILES string of the molecule is CNC(c1cc(Cl)cc(Cl)c1)c1cccc2ccncc12. The van der Waals surface area contributed by atoms with Gasteiger partial charge in [-0.1, -0.05) is 41.4 Å². The van der Waals surface area contributed by atoms with E-state index in [1.54, 1.807) is 12.3 Å². The Morgan fingerprint density at radius 3 is 2.52 bits per heavy atom.